The van der Waals surface area contributed by atoms with E-state index in [1.165, 1.54) is 19.2 Å². The molecule has 3 rings (SSSR count). The van der Waals surface area contributed by atoms with Crippen LogP contribution in [0.25, 0.3) is 0 Å². The van der Waals surface area contributed by atoms with Crippen molar-refractivity contribution < 1.29 is 50.1 Å². The minimum absolute atomic E-state index is 0.0999. The van der Waals surface area contributed by atoms with Crippen LogP contribution in [0.3, 0.4) is 0 Å². The maximum Gasteiger partial charge on any atom is 0.427 e. The van der Waals surface area contributed by atoms with Gasteiger partial charge >= 0.3 is 18.1 Å². The first kappa shape index (κ1) is 29.2. The van der Waals surface area contributed by atoms with Crippen molar-refractivity contribution in [3.63, 3.8) is 0 Å². The first-order chi connectivity index (χ1) is 17.5. The number of carbonyl (C=O) groups excluding carboxylic acids is 1. The zero-order valence-electron chi connectivity index (χ0n) is 20.8. The Kier molecular flexibility index (Phi) is 8.30. The minimum Gasteiger partial charge on any atom is -0.494 e. The summed E-state index contributed by atoms with van der Waals surface area (Å²) in [6, 6.07) is 7.43. The van der Waals surface area contributed by atoms with Gasteiger partial charge in [0.05, 0.1) is 24.1 Å². The molecule has 0 radical (unpaired) electrons. The van der Waals surface area contributed by atoms with E-state index >= 15 is 0 Å². The molecule has 0 aromatic heterocycles. The molecule has 38 heavy (non-hydrogen) atoms. The molecule has 0 spiro atoms. The van der Waals surface area contributed by atoms with Gasteiger partial charge in [0.2, 0.25) is 5.60 Å². The predicted octanol–water partition coefficient (Wildman–Crippen LogP) is 4.49. The molecule has 13 heteroatoms. The van der Waals surface area contributed by atoms with E-state index in [4.69, 9.17) is 9.84 Å². The molecule has 208 valence electrons. The summed E-state index contributed by atoms with van der Waals surface area (Å²) < 4.78 is 91.1. The summed E-state index contributed by atoms with van der Waals surface area (Å²) in [5.74, 6) is -3.62. The molecule has 8 nitrogen and oxygen atoms in total. The Labute approximate surface area is 217 Å². The Bertz CT molecular complexity index is 1330. The summed E-state index contributed by atoms with van der Waals surface area (Å²) in [7, 11) is -3.14. The molecule has 0 amide bonds. The number of esters is 1. The maximum absolute atomic E-state index is 13.9. The van der Waals surface area contributed by atoms with Crippen LogP contribution in [-0.2, 0) is 37.2 Å². The number of benzene rings is 2. The van der Waals surface area contributed by atoms with Gasteiger partial charge in [-0.1, -0.05) is 12.1 Å². The normalized spacial score (nSPS) is 16.1. The summed E-state index contributed by atoms with van der Waals surface area (Å²) in [5, 5.41) is 9.08. The Morgan fingerprint density at radius 2 is 1.82 bits per heavy atom. The number of aliphatic carboxylic acids is 1. The summed E-state index contributed by atoms with van der Waals surface area (Å²) in [4.78, 5) is 23.1. The van der Waals surface area contributed by atoms with E-state index in [1.807, 2.05) is 0 Å². The molecule has 1 aliphatic rings. The summed E-state index contributed by atoms with van der Waals surface area (Å²) in [6.45, 7) is 1.35. The molecule has 1 heterocycles. The number of alkyl halides is 3. The molecule has 2 aromatic carbocycles. The first-order valence-corrected chi connectivity index (χ1v) is 13.0. The lowest BCUT2D eigenvalue weighted by molar-refractivity contribution is -0.257. The zero-order valence-corrected chi connectivity index (χ0v) is 21.7. The number of halogens is 4. The summed E-state index contributed by atoms with van der Waals surface area (Å²) in [6.07, 6.45) is -4.99. The van der Waals surface area contributed by atoms with Crippen molar-refractivity contribution in [2.75, 3.05) is 18.0 Å². The standard InChI is InChI=1S/C25H27F4NO7S/c1-24(2,25(27,28)29)37-23(33)12-15-4-6-17-10-16(5-9-22(31)32)14-30(20(17)11-15)38(34,35)18-7-8-19(26)21(13-18)36-3/h4,6-8,11,13,16H,5,9-10,12,14H2,1-3H3,(H,31,32)/t16-/m0/s1. The fourth-order valence-electron chi connectivity index (χ4n) is 4.05. The minimum atomic E-state index is -4.79. The number of nitrogens with zero attached hydrogens (tertiary/aromatic N) is 1. The average Bonchev–Trinajstić information content (AvgIpc) is 2.81. The Morgan fingerprint density at radius 1 is 1.13 bits per heavy atom. The van der Waals surface area contributed by atoms with Gasteiger partial charge in [0.25, 0.3) is 10.0 Å². The van der Waals surface area contributed by atoms with Gasteiger partial charge in [-0.05, 0) is 61.9 Å². The van der Waals surface area contributed by atoms with Gasteiger partial charge in [0.1, 0.15) is 0 Å². The Hall–Kier alpha value is -3.35. The second-order valence-corrected chi connectivity index (χ2v) is 11.3. The van der Waals surface area contributed by atoms with E-state index in [9.17, 15) is 35.6 Å². The number of fused-ring (bicyclic) bond motifs is 1. The number of ether oxygens (including phenoxy) is 2. The lowest BCUT2D eigenvalue weighted by Gasteiger charge is -2.35. The lowest BCUT2D eigenvalue weighted by atomic mass is 9.89. The fourth-order valence-corrected chi connectivity index (χ4v) is 5.64. The lowest BCUT2D eigenvalue weighted by Crippen LogP contribution is -2.43. The van der Waals surface area contributed by atoms with E-state index in [2.05, 4.69) is 4.74 Å². The smallest absolute Gasteiger partial charge is 0.427 e. The topological polar surface area (TPSA) is 110 Å². The quantitative estimate of drug-likeness (QED) is 0.355. The molecule has 1 aliphatic heterocycles. The van der Waals surface area contributed by atoms with Crippen LogP contribution in [0.4, 0.5) is 23.2 Å². The van der Waals surface area contributed by atoms with Crippen LogP contribution >= 0.6 is 0 Å². The molecule has 0 saturated heterocycles. The van der Waals surface area contributed by atoms with Crippen LogP contribution in [0, 0.1) is 11.7 Å². The second-order valence-electron chi connectivity index (χ2n) is 9.46. The summed E-state index contributed by atoms with van der Waals surface area (Å²) >= 11 is 0. The molecule has 2 aromatic rings. The molecular formula is C25H27F4NO7S. The molecule has 1 atom stereocenters. The van der Waals surface area contributed by atoms with Gasteiger partial charge in [-0.2, -0.15) is 13.2 Å². The van der Waals surface area contributed by atoms with Crippen LogP contribution in [-0.4, -0.2) is 50.9 Å². The number of anilines is 1. The number of hydrogen-bond acceptors (Lipinski definition) is 6. The van der Waals surface area contributed by atoms with E-state index in [1.54, 1.807) is 6.07 Å². The molecule has 0 fully saturated rings. The van der Waals surface area contributed by atoms with Crippen LogP contribution in [0.5, 0.6) is 5.75 Å². The van der Waals surface area contributed by atoms with Crippen molar-refractivity contribution in [1.29, 1.82) is 0 Å². The zero-order chi connectivity index (χ0) is 28.5. The number of carboxylic acids is 1. The number of hydrogen-bond donors (Lipinski definition) is 1. The van der Waals surface area contributed by atoms with Crippen molar-refractivity contribution in [2.45, 2.75) is 56.2 Å². The number of rotatable bonds is 9. The van der Waals surface area contributed by atoms with Crippen molar-refractivity contribution in [2.24, 2.45) is 5.92 Å². The first-order valence-electron chi connectivity index (χ1n) is 11.5. The fraction of sp³-hybridized carbons (Fsp3) is 0.440. The van der Waals surface area contributed by atoms with Crippen molar-refractivity contribution in [1.82, 2.24) is 0 Å². The van der Waals surface area contributed by atoms with Crippen molar-refractivity contribution in [3.05, 3.63) is 53.3 Å². The van der Waals surface area contributed by atoms with Gasteiger partial charge in [0.15, 0.2) is 11.6 Å². The number of methoxy groups -OCH3 is 1. The van der Waals surface area contributed by atoms with Gasteiger partial charge in [0, 0.05) is 19.0 Å². The predicted molar refractivity (Wildman–Crippen MR) is 128 cm³/mol. The van der Waals surface area contributed by atoms with E-state index < -0.39 is 46.0 Å². The number of carboxylic acid groups (broad SMARTS) is 1. The highest BCUT2D eigenvalue weighted by molar-refractivity contribution is 7.92. The maximum atomic E-state index is 13.9. The molecule has 0 bridgehead atoms. The highest BCUT2D eigenvalue weighted by atomic mass is 32.2. The Balaban J connectivity index is 1.99. The Morgan fingerprint density at radius 3 is 2.42 bits per heavy atom. The monoisotopic (exact) mass is 561 g/mol. The van der Waals surface area contributed by atoms with Crippen LogP contribution < -0.4 is 9.04 Å². The number of carbonyl (C=O) groups is 2. The third-order valence-corrected chi connectivity index (χ3v) is 8.00. The highest BCUT2D eigenvalue weighted by Crippen LogP contribution is 2.38. The second kappa shape index (κ2) is 10.8. The molecule has 0 unspecified atom stereocenters. The van der Waals surface area contributed by atoms with Gasteiger partial charge in [-0.15, -0.1) is 0 Å². The third kappa shape index (κ3) is 6.37. The van der Waals surface area contributed by atoms with Gasteiger partial charge in [-0.25, -0.2) is 12.8 Å². The van der Waals surface area contributed by atoms with Crippen molar-refractivity contribution >= 4 is 27.6 Å². The van der Waals surface area contributed by atoms with E-state index in [-0.39, 0.29) is 47.2 Å². The largest absolute Gasteiger partial charge is 0.494 e. The molecule has 1 N–H and O–H groups in total. The molecular weight excluding hydrogens is 534 g/mol. The molecule has 0 aliphatic carbocycles. The van der Waals surface area contributed by atoms with Crippen LogP contribution in [0.15, 0.2) is 41.3 Å². The van der Waals surface area contributed by atoms with Gasteiger partial charge < -0.3 is 14.6 Å². The summed E-state index contributed by atoms with van der Waals surface area (Å²) in [5.41, 5.74) is -1.78. The SMILES string of the molecule is COc1cc(S(=O)(=O)N2C[C@@H](CCC(=O)O)Cc3ccc(CC(=O)OC(C)(C)C(F)(F)F)cc32)ccc1F. The van der Waals surface area contributed by atoms with E-state index in [0.29, 0.717) is 12.0 Å². The average molecular weight is 562 g/mol. The van der Waals surface area contributed by atoms with Gasteiger partial charge in [-0.3, -0.25) is 13.9 Å². The third-order valence-electron chi connectivity index (χ3n) is 6.23. The molecule has 0 saturated carbocycles. The van der Waals surface area contributed by atoms with Crippen molar-refractivity contribution in [3.8, 4) is 5.75 Å². The van der Waals surface area contributed by atoms with E-state index in [0.717, 1.165) is 36.4 Å². The van der Waals surface area contributed by atoms with Crippen LogP contribution in [0.1, 0.15) is 37.8 Å². The van der Waals surface area contributed by atoms with Crippen LogP contribution in [0.2, 0.25) is 0 Å². The highest BCUT2D eigenvalue weighted by Gasteiger charge is 2.50. The number of sulfonamides is 1.